The minimum atomic E-state index is -5.95. The summed E-state index contributed by atoms with van der Waals surface area (Å²) in [6, 6.07) is 1.30. The van der Waals surface area contributed by atoms with Crippen LogP contribution in [0.25, 0.3) is 0 Å². The van der Waals surface area contributed by atoms with Crippen LogP contribution in [0.1, 0.15) is 27.9 Å². The molecule has 0 unspecified atom stereocenters. The number of carbonyl (C=O) groups excluding carboxylic acids is 1. The normalized spacial score (nSPS) is 14.6. The summed E-state index contributed by atoms with van der Waals surface area (Å²) in [6.07, 6.45) is 1.62. The Kier molecular flexibility index (Phi) is 4.31. The highest BCUT2D eigenvalue weighted by molar-refractivity contribution is 7.88. The largest absolute Gasteiger partial charge is 0.534 e. The van der Waals surface area contributed by atoms with E-state index in [9.17, 15) is 26.4 Å². The van der Waals surface area contributed by atoms with Gasteiger partial charge < -0.3 is 8.92 Å². The zero-order valence-electron chi connectivity index (χ0n) is 11.2. The first-order valence-corrected chi connectivity index (χ1v) is 7.80. The smallest absolute Gasteiger partial charge is 0.465 e. The molecule has 0 fully saturated rings. The molecule has 0 saturated carbocycles. The first-order chi connectivity index (χ1) is 10.1. The van der Waals surface area contributed by atoms with Gasteiger partial charge >= 0.3 is 21.6 Å². The van der Waals surface area contributed by atoms with Crippen LogP contribution < -0.4 is 4.18 Å². The second-order valence-corrected chi connectivity index (χ2v) is 6.47. The second-order valence-electron chi connectivity index (χ2n) is 4.53. The Morgan fingerprint density at radius 3 is 2.50 bits per heavy atom. The molecular formula is C12H10ClF3O5S. The summed E-state index contributed by atoms with van der Waals surface area (Å²) in [4.78, 5) is 11.8. The van der Waals surface area contributed by atoms with E-state index in [2.05, 4.69) is 8.92 Å². The number of hydrogen-bond donors (Lipinski definition) is 0. The maximum absolute atomic E-state index is 12.5. The molecule has 0 bridgehead atoms. The second kappa shape index (κ2) is 5.62. The van der Waals surface area contributed by atoms with Crippen LogP contribution >= 0.6 is 11.6 Å². The van der Waals surface area contributed by atoms with E-state index in [1.165, 1.54) is 6.07 Å². The number of methoxy groups -OCH3 is 1. The summed E-state index contributed by atoms with van der Waals surface area (Å²) < 4.78 is 68.4. The summed E-state index contributed by atoms with van der Waals surface area (Å²) in [6.45, 7) is 0. The average molecular weight is 359 g/mol. The maximum Gasteiger partial charge on any atom is 0.534 e. The number of hydrogen-bond acceptors (Lipinski definition) is 5. The topological polar surface area (TPSA) is 69.7 Å². The molecule has 0 atom stereocenters. The Balaban J connectivity index is 2.64. The summed E-state index contributed by atoms with van der Waals surface area (Å²) in [5, 5.41) is -0.395. The first-order valence-electron chi connectivity index (χ1n) is 6.02. The number of benzene rings is 1. The van der Waals surface area contributed by atoms with Crippen molar-refractivity contribution < 1.29 is 35.3 Å². The summed E-state index contributed by atoms with van der Waals surface area (Å²) in [5.74, 6) is -1.86. The van der Waals surface area contributed by atoms with E-state index in [0.717, 1.165) is 7.11 Å². The number of ether oxygens (including phenoxy) is 1. The molecule has 1 aromatic rings. The number of alkyl halides is 3. The molecule has 1 aliphatic rings. The van der Waals surface area contributed by atoms with E-state index < -0.39 is 32.4 Å². The molecule has 0 amide bonds. The Hall–Kier alpha value is -1.48. The molecule has 2 rings (SSSR count). The van der Waals surface area contributed by atoms with Crippen molar-refractivity contribution in [3.05, 3.63) is 27.8 Å². The van der Waals surface area contributed by atoms with Crippen LogP contribution in [0.4, 0.5) is 13.2 Å². The Labute approximate surface area is 129 Å². The fourth-order valence-electron chi connectivity index (χ4n) is 2.24. The van der Waals surface area contributed by atoms with Crippen LogP contribution in [-0.4, -0.2) is 27.0 Å². The first kappa shape index (κ1) is 16.9. The zero-order chi connectivity index (χ0) is 16.7. The van der Waals surface area contributed by atoms with E-state index in [4.69, 9.17) is 11.6 Å². The van der Waals surface area contributed by atoms with Crippen molar-refractivity contribution in [3.8, 4) is 5.75 Å². The van der Waals surface area contributed by atoms with Crippen LogP contribution in [-0.2, 0) is 27.7 Å². The van der Waals surface area contributed by atoms with Crippen LogP contribution in [0.2, 0.25) is 5.02 Å². The molecule has 10 heteroatoms. The van der Waals surface area contributed by atoms with Gasteiger partial charge in [0, 0.05) is 0 Å². The van der Waals surface area contributed by atoms with Gasteiger partial charge in [-0.1, -0.05) is 11.6 Å². The van der Waals surface area contributed by atoms with Gasteiger partial charge in [0.05, 0.1) is 12.1 Å². The van der Waals surface area contributed by atoms with Gasteiger partial charge in [-0.05, 0) is 36.5 Å². The molecule has 5 nitrogen and oxygen atoms in total. The lowest BCUT2D eigenvalue weighted by Crippen LogP contribution is -2.29. The minimum Gasteiger partial charge on any atom is -0.465 e. The highest BCUT2D eigenvalue weighted by Crippen LogP contribution is 2.40. The van der Waals surface area contributed by atoms with Crippen LogP contribution in [0.15, 0.2) is 6.07 Å². The molecule has 1 aliphatic carbocycles. The van der Waals surface area contributed by atoms with E-state index in [-0.39, 0.29) is 5.56 Å². The van der Waals surface area contributed by atoms with Gasteiger partial charge in [0.15, 0.2) is 5.75 Å². The molecule has 0 aliphatic heterocycles. The molecule has 0 saturated heterocycles. The monoisotopic (exact) mass is 358 g/mol. The number of fused-ring (bicyclic) bond motifs is 1. The molecule has 0 spiro atoms. The molecule has 0 radical (unpaired) electrons. The quantitative estimate of drug-likeness (QED) is 0.472. The van der Waals surface area contributed by atoms with E-state index in [1.54, 1.807) is 0 Å². The fourth-order valence-corrected chi connectivity index (χ4v) is 3.04. The summed E-state index contributed by atoms with van der Waals surface area (Å²) >= 11 is 5.81. The van der Waals surface area contributed by atoms with Gasteiger partial charge in [-0.2, -0.15) is 21.6 Å². The van der Waals surface area contributed by atoms with Crippen LogP contribution in [0.3, 0.4) is 0 Å². The molecule has 22 heavy (non-hydrogen) atoms. The lowest BCUT2D eigenvalue weighted by molar-refractivity contribution is -0.0500. The number of esters is 1. The van der Waals surface area contributed by atoms with Gasteiger partial charge in [-0.15, -0.1) is 0 Å². The third-order valence-corrected chi connectivity index (χ3v) is 4.41. The van der Waals surface area contributed by atoms with Crippen molar-refractivity contribution in [1.29, 1.82) is 0 Å². The molecule has 1 aromatic carbocycles. The fraction of sp³-hybridized carbons (Fsp3) is 0.417. The Bertz CT molecular complexity index is 727. The van der Waals surface area contributed by atoms with Crippen molar-refractivity contribution in [3.63, 3.8) is 0 Å². The number of carbonyl (C=O) groups is 1. The van der Waals surface area contributed by atoms with Crippen LogP contribution in [0.5, 0.6) is 5.75 Å². The van der Waals surface area contributed by atoms with Gasteiger partial charge in [0.25, 0.3) is 0 Å². The predicted molar refractivity (Wildman–Crippen MR) is 70.4 cm³/mol. The minimum absolute atomic E-state index is 0.379. The number of halogens is 4. The molecule has 0 aromatic heterocycles. The molecule has 122 valence electrons. The van der Waals surface area contributed by atoms with Crippen molar-refractivity contribution in [2.24, 2.45) is 0 Å². The molecule has 0 heterocycles. The zero-order valence-corrected chi connectivity index (χ0v) is 12.7. The van der Waals surface area contributed by atoms with E-state index in [1.807, 2.05) is 0 Å². The average Bonchev–Trinajstić information content (AvgIpc) is 2.84. The Morgan fingerprint density at radius 1 is 1.32 bits per heavy atom. The van der Waals surface area contributed by atoms with Crippen molar-refractivity contribution in [2.45, 2.75) is 24.8 Å². The third-order valence-electron chi connectivity index (χ3n) is 3.17. The highest BCUT2D eigenvalue weighted by atomic mass is 35.5. The Morgan fingerprint density at radius 2 is 1.95 bits per heavy atom. The lowest BCUT2D eigenvalue weighted by atomic mass is 10.0. The summed E-state index contributed by atoms with van der Waals surface area (Å²) in [5.41, 5.74) is -4.97. The highest BCUT2D eigenvalue weighted by Gasteiger charge is 2.49. The maximum atomic E-state index is 12.5. The molecule has 0 N–H and O–H groups in total. The SMILES string of the molecule is COC(=O)c1c2c(cc(Cl)c1OS(=O)(=O)C(F)(F)F)CCC2. The predicted octanol–water partition coefficient (Wildman–Crippen LogP) is 2.84. The van der Waals surface area contributed by atoms with Gasteiger partial charge in [-0.25, -0.2) is 4.79 Å². The molecular weight excluding hydrogens is 349 g/mol. The van der Waals surface area contributed by atoms with Crippen molar-refractivity contribution >= 4 is 27.7 Å². The number of aryl methyl sites for hydroxylation is 1. The van der Waals surface area contributed by atoms with E-state index in [0.29, 0.717) is 30.4 Å². The standard InChI is InChI=1S/C12H10ClF3O5S/c1-20-11(17)9-7-4-2-3-6(7)5-8(13)10(9)21-22(18,19)12(14,15)16/h5H,2-4H2,1H3. The van der Waals surface area contributed by atoms with Gasteiger partial charge in [0.2, 0.25) is 0 Å². The van der Waals surface area contributed by atoms with Gasteiger partial charge in [0.1, 0.15) is 5.56 Å². The van der Waals surface area contributed by atoms with Crippen molar-refractivity contribution in [2.75, 3.05) is 7.11 Å². The van der Waals surface area contributed by atoms with Crippen LogP contribution in [0, 0.1) is 0 Å². The van der Waals surface area contributed by atoms with E-state index >= 15 is 0 Å². The number of rotatable bonds is 3. The summed E-state index contributed by atoms with van der Waals surface area (Å²) in [7, 11) is -4.93. The third kappa shape index (κ3) is 2.87. The van der Waals surface area contributed by atoms with Crippen molar-refractivity contribution in [1.82, 2.24) is 0 Å². The van der Waals surface area contributed by atoms with Gasteiger partial charge in [-0.3, -0.25) is 0 Å². The lowest BCUT2D eigenvalue weighted by Gasteiger charge is -2.16.